The fourth-order valence-corrected chi connectivity index (χ4v) is 2.55. The summed E-state index contributed by atoms with van der Waals surface area (Å²) in [6, 6.07) is 9.99. The molecule has 0 spiro atoms. The molecule has 1 aliphatic heterocycles. The molecule has 21 heavy (non-hydrogen) atoms. The van der Waals surface area contributed by atoms with Crippen LogP contribution in [-0.4, -0.2) is 29.1 Å². The third kappa shape index (κ3) is 2.89. The standard InChI is InChI=1S/C15H15NO5/c17-13-6-7-14(18)16(13)21-15(19)20-12-8-11(9-12)10-4-2-1-3-5-10/h1-5,11-12H,6-9H2/t11-,12+. The molecule has 0 bridgehead atoms. The van der Waals surface area contributed by atoms with Crippen molar-refractivity contribution in [1.29, 1.82) is 0 Å². The van der Waals surface area contributed by atoms with Crippen molar-refractivity contribution in [1.82, 2.24) is 5.06 Å². The minimum atomic E-state index is -0.991. The second kappa shape index (κ2) is 5.55. The van der Waals surface area contributed by atoms with Gasteiger partial charge in [-0.15, -0.1) is 0 Å². The molecule has 1 heterocycles. The molecule has 6 heteroatoms. The van der Waals surface area contributed by atoms with Gasteiger partial charge < -0.3 is 4.74 Å². The maximum atomic E-state index is 11.5. The highest BCUT2D eigenvalue weighted by atomic mass is 16.8. The lowest BCUT2D eigenvalue weighted by Crippen LogP contribution is -2.37. The fourth-order valence-electron chi connectivity index (χ4n) is 2.55. The first-order valence-electron chi connectivity index (χ1n) is 6.93. The van der Waals surface area contributed by atoms with E-state index in [2.05, 4.69) is 4.84 Å². The normalized spacial score (nSPS) is 24.7. The molecule has 0 unspecified atom stereocenters. The summed E-state index contributed by atoms with van der Waals surface area (Å²) in [5.41, 5.74) is 1.22. The van der Waals surface area contributed by atoms with E-state index in [1.54, 1.807) is 0 Å². The molecule has 2 aliphatic rings. The zero-order valence-electron chi connectivity index (χ0n) is 11.4. The van der Waals surface area contributed by atoms with E-state index in [0.717, 1.165) is 12.8 Å². The minimum absolute atomic E-state index is 0.0750. The largest absolute Gasteiger partial charge is 0.534 e. The Morgan fingerprint density at radius 1 is 1.05 bits per heavy atom. The molecule has 2 fully saturated rings. The highest BCUT2D eigenvalue weighted by Gasteiger charge is 2.37. The van der Waals surface area contributed by atoms with Crippen LogP contribution < -0.4 is 0 Å². The SMILES string of the molecule is O=C(ON1C(=O)CCC1=O)O[C@H]1C[C@@H](c2ccccc2)C1. The predicted molar refractivity (Wildman–Crippen MR) is 70.9 cm³/mol. The lowest BCUT2D eigenvalue weighted by Gasteiger charge is -2.34. The summed E-state index contributed by atoms with van der Waals surface area (Å²) in [4.78, 5) is 38.8. The molecular formula is C15H15NO5. The van der Waals surface area contributed by atoms with Crippen LogP contribution in [0.25, 0.3) is 0 Å². The summed E-state index contributed by atoms with van der Waals surface area (Å²) in [5.74, 6) is -0.639. The Balaban J connectivity index is 1.45. The van der Waals surface area contributed by atoms with Crippen molar-refractivity contribution in [2.75, 3.05) is 0 Å². The van der Waals surface area contributed by atoms with Gasteiger partial charge >= 0.3 is 6.16 Å². The summed E-state index contributed by atoms with van der Waals surface area (Å²) < 4.78 is 5.09. The van der Waals surface area contributed by atoms with Crippen molar-refractivity contribution in [2.24, 2.45) is 0 Å². The Kier molecular flexibility index (Phi) is 3.60. The number of rotatable bonds is 3. The van der Waals surface area contributed by atoms with Crippen molar-refractivity contribution in [2.45, 2.75) is 37.7 Å². The van der Waals surface area contributed by atoms with Crippen LogP contribution in [0.15, 0.2) is 30.3 Å². The van der Waals surface area contributed by atoms with Gasteiger partial charge in [0.15, 0.2) is 0 Å². The van der Waals surface area contributed by atoms with E-state index >= 15 is 0 Å². The summed E-state index contributed by atoms with van der Waals surface area (Å²) >= 11 is 0. The maximum Gasteiger partial charge on any atom is 0.534 e. The summed E-state index contributed by atoms with van der Waals surface area (Å²) in [6.45, 7) is 0. The zero-order valence-corrected chi connectivity index (χ0v) is 11.4. The molecular weight excluding hydrogens is 274 g/mol. The number of carbonyl (C=O) groups is 3. The zero-order chi connectivity index (χ0) is 14.8. The van der Waals surface area contributed by atoms with E-state index in [-0.39, 0.29) is 18.9 Å². The monoisotopic (exact) mass is 289 g/mol. The third-order valence-electron chi connectivity index (χ3n) is 3.80. The first-order valence-corrected chi connectivity index (χ1v) is 6.93. The first-order chi connectivity index (χ1) is 10.1. The van der Waals surface area contributed by atoms with Crippen molar-refractivity contribution in [3.8, 4) is 0 Å². The Morgan fingerprint density at radius 3 is 2.29 bits per heavy atom. The van der Waals surface area contributed by atoms with Gasteiger partial charge in [0.2, 0.25) is 0 Å². The predicted octanol–water partition coefficient (Wildman–Crippen LogP) is 2.15. The second-order valence-corrected chi connectivity index (χ2v) is 5.24. The Bertz CT molecular complexity index is 549. The minimum Gasteiger partial charge on any atom is -0.429 e. The van der Waals surface area contributed by atoms with E-state index in [4.69, 9.17) is 4.74 Å². The van der Waals surface area contributed by atoms with Gasteiger partial charge in [0.25, 0.3) is 11.8 Å². The Morgan fingerprint density at radius 2 is 1.67 bits per heavy atom. The first kappa shape index (κ1) is 13.6. The number of carbonyl (C=O) groups excluding carboxylic acids is 3. The van der Waals surface area contributed by atoms with Gasteiger partial charge in [-0.1, -0.05) is 35.4 Å². The quantitative estimate of drug-likeness (QED) is 0.629. The number of imide groups is 1. The summed E-state index contributed by atoms with van der Waals surface area (Å²) in [5, 5.41) is 0.496. The number of benzene rings is 1. The van der Waals surface area contributed by atoms with Crippen LogP contribution in [0.4, 0.5) is 4.79 Å². The average Bonchev–Trinajstić information content (AvgIpc) is 2.75. The van der Waals surface area contributed by atoms with E-state index in [1.165, 1.54) is 5.56 Å². The van der Waals surface area contributed by atoms with Gasteiger partial charge in [0.05, 0.1) is 0 Å². The Labute approximate surface area is 121 Å². The van der Waals surface area contributed by atoms with E-state index in [0.29, 0.717) is 11.0 Å². The highest BCUT2D eigenvalue weighted by molar-refractivity contribution is 6.01. The molecule has 1 aliphatic carbocycles. The van der Waals surface area contributed by atoms with Crippen LogP contribution in [0.5, 0.6) is 0 Å². The molecule has 1 aromatic carbocycles. The third-order valence-corrected chi connectivity index (χ3v) is 3.80. The van der Waals surface area contributed by atoms with Gasteiger partial charge in [-0.25, -0.2) is 4.79 Å². The van der Waals surface area contributed by atoms with E-state index < -0.39 is 18.0 Å². The van der Waals surface area contributed by atoms with Crippen LogP contribution in [0, 0.1) is 0 Å². The molecule has 0 N–H and O–H groups in total. The lowest BCUT2D eigenvalue weighted by molar-refractivity contribution is -0.179. The molecule has 110 valence electrons. The smallest absolute Gasteiger partial charge is 0.429 e. The summed E-state index contributed by atoms with van der Waals surface area (Å²) in [6.07, 6.45) is 0.379. The lowest BCUT2D eigenvalue weighted by atomic mass is 9.77. The van der Waals surface area contributed by atoms with Gasteiger partial charge in [-0.3, -0.25) is 14.4 Å². The topological polar surface area (TPSA) is 72.9 Å². The van der Waals surface area contributed by atoms with Crippen molar-refractivity contribution < 1.29 is 24.0 Å². The highest BCUT2D eigenvalue weighted by Crippen LogP contribution is 2.38. The van der Waals surface area contributed by atoms with Gasteiger partial charge in [0, 0.05) is 12.8 Å². The number of amides is 2. The molecule has 0 aromatic heterocycles. The van der Waals surface area contributed by atoms with Crippen molar-refractivity contribution >= 4 is 18.0 Å². The second-order valence-electron chi connectivity index (χ2n) is 5.24. The summed E-state index contributed by atoms with van der Waals surface area (Å²) in [7, 11) is 0. The van der Waals surface area contributed by atoms with Crippen LogP contribution >= 0.6 is 0 Å². The molecule has 0 radical (unpaired) electrons. The Hall–Kier alpha value is -2.37. The number of hydrogen-bond acceptors (Lipinski definition) is 5. The maximum absolute atomic E-state index is 11.5. The molecule has 0 atom stereocenters. The molecule has 1 saturated carbocycles. The van der Waals surface area contributed by atoms with Gasteiger partial charge in [-0.05, 0) is 24.3 Å². The molecule has 1 aromatic rings. The molecule has 2 amide bonds. The van der Waals surface area contributed by atoms with Crippen LogP contribution in [-0.2, 0) is 19.2 Å². The van der Waals surface area contributed by atoms with Gasteiger partial charge in [0.1, 0.15) is 6.10 Å². The number of nitrogens with zero attached hydrogens (tertiary/aromatic N) is 1. The van der Waals surface area contributed by atoms with Crippen LogP contribution in [0.1, 0.15) is 37.2 Å². The van der Waals surface area contributed by atoms with Crippen molar-refractivity contribution in [3.63, 3.8) is 0 Å². The molecule has 3 rings (SSSR count). The number of hydrogen-bond donors (Lipinski definition) is 0. The average molecular weight is 289 g/mol. The number of hydroxylamine groups is 2. The molecule has 1 saturated heterocycles. The fraction of sp³-hybridized carbons (Fsp3) is 0.400. The molecule has 6 nitrogen and oxygen atoms in total. The van der Waals surface area contributed by atoms with E-state index in [9.17, 15) is 14.4 Å². The number of ether oxygens (including phenoxy) is 1. The van der Waals surface area contributed by atoms with Crippen LogP contribution in [0.3, 0.4) is 0 Å². The van der Waals surface area contributed by atoms with Crippen molar-refractivity contribution in [3.05, 3.63) is 35.9 Å². The van der Waals surface area contributed by atoms with Crippen LogP contribution in [0.2, 0.25) is 0 Å². The van der Waals surface area contributed by atoms with E-state index in [1.807, 2.05) is 30.3 Å². The van der Waals surface area contributed by atoms with Gasteiger partial charge in [-0.2, -0.15) is 0 Å².